The zero-order valence-corrected chi connectivity index (χ0v) is 10.1. The standard InChI is InChI=1S/C12H17N3O2/c1-8-12(17)13-5-6-15(8)10-3-4-11(9(2)16)14-7-10/h3-4,7-9,16H,5-6H2,1-2H3,(H,13,17)/t8?,9-/m1/s1. The molecule has 17 heavy (non-hydrogen) atoms. The van der Waals surface area contributed by atoms with Crippen LogP contribution in [0.1, 0.15) is 25.6 Å². The third kappa shape index (κ3) is 2.39. The fraction of sp³-hybridized carbons (Fsp3) is 0.500. The summed E-state index contributed by atoms with van der Waals surface area (Å²) in [5.74, 6) is 0.0378. The normalized spacial score (nSPS) is 22.2. The van der Waals surface area contributed by atoms with Crippen molar-refractivity contribution in [2.75, 3.05) is 18.0 Å². The molecule has 1 unspecified atom stereocenters. The first-order valence-electron chi connectivity index (χ1n) is 5.78. The predicted molar refractivity (Wildman–Crippen MR) is 64.7 cm³/mol. The van der Waals surface area contributed by atoms with E-state index in [9.17, 15) is 9.90 Å². The van der Waals surface area contributed by atoms with Gasteiger partial charge in [-0.2, -0.15) is 0 Å². The molecular weight excluding hydrogens is 218 g/mol. The summed E-state index contributed by atoms with van der Waals surface area (Å²) in [6.45, 7) is 4.99. The van der Waals surface area contributed by atoms with Crippen LogP contribution in [0.4, 0.5) is 5.69 Å². The lowest BCUT2D eigenvalue weighted by Gasteiger charge is -2.34. The summed E-state index contributed by atoms with van der Waals surface area (Å²) >= 11 is 0. The van der Waals surface area contributed by atoms with Gasteiger partial charge in [0.1, 0.15) is 6.04 Å². The lowest BCUT2D eigenvalue weighted by atomic mass is 10.1. The number of rotatable bonds is 2. The van der Waals surface area contributed by atoms with Crippen LogP contribution in [0.25, 0.3) is 0 Å². The monoisotopic (exact) mass is 235 g/mol. The van der Waals surface area contributed by atoms with Crippen molar-refractivity contribution in [1.29, 1.82) is 0 Å². The molecule has 0 aliphatic carbocycles. The molecule has 0 saturated carbocycles. The highest BCUT2D eigenvalue weighted by atomic mass is 16.3. The summed E-state index contributed by atoms with van der Waals surface area (Å²) in [5, 5.41) is 12.2. The van der Waals surface area contributed by atoms with Gasteiger partial charge in [-0.05, 0) is 26.0 Å². The van der Waals surface area contributed by atoms with Crippen molar-refractivity contribution < 1.29 is 9.90 Å². The van der Waals surface area contributed by atoms with Gasteiger partial charge in [0.25, 0.3) is 0 Å². The van der Waals surface area contributed by atoms with Crippen molar-refractivity contribution in [3.63, 3.8) is 0 Å². The van der Waals surface area contributed by atoms with Crippen molar-refractivity contribution in [1.82, 2.24) is 10.3 Å². The zero-order valence-electron chi connectivity index (χ0n) is 10.1. The number of carbonyl (C=O) groups excluding carboxylic acids is 1. The largest absolute Gasteiger partial charge is 0.387 e. The summed E-state index contributed by atoms with van der Waals surface area (Å²) < 4.78 is 0. The molecule has 2 N–H and O–H groups in total. The molecule has 0 aromatic carbocycles. The van der Waals surface area contributed by atoms with Crippen LogP contribution in [0, 0.1) is 0 Å². The Morgan fingerprint density at radius 2 is 2.35 bits per heavy atom. The van der Waals surface area contributed by atoms with Crippen LogP contribution in [-0.4, -0.2) is 35.1 Å². The lowest BCUT2D eigenvalue weighted by molar-refractivity contribution is -0.122. The molecule has 1 aromatic heterocycles. The van der Waals surface area contributed by atoms with Crippen molar-refractivity contribution >= 4 is 11.6 Å². The molecule has 1 aliphatic heterocycles. The van der Waals surface area contributed by atoms with Crippen LogP contribution >= 0.6 is 0 Å². The highest BCUT2D eigenvalue weighted by Crippen LogP contribution is 2.19. The number of hydrogen-bond acceptors (Lipinski definition) is 4. The van der Waals surface area contributed by atoms with Crippen molar-refractivity contribution in [3.05, 3.63) is 24.0 Å². The topological polar surface area (TPSA) is 65.5 Å². The summed E-state index contributed by atoms with van der Waals surface area (Å²) in [6, 6.07) is 3.51. The molecule has 1 saturated heterocycles. The van der Waals surface area contributed by atoms with E-state index < -0.39 is 6.10 Å². The summed E-state index contributed by atoms with van der Waals surface area (Å²) in [4.78, 5) is 17.7. The van der Waals surface area contributed by atoms with Gasteiger partial charge in [-0.25, -0.2) is 0 Å². The quantitative estimate of drug-likeness (QED) is 0.781. The Balaban J connectivity index is 2.19. The molecule has 2 heterocycles. The third-order valence-corrected chi connectivity index (χ3v) is 3.03. The van der Waals surface area contributed by atoms with Gasteiger partial charge in [-0.15, -0.1) is 0 Å². The molecule has 5 heteroatoms. The molecule has 2 rings (SSSR count). The van der Waals surface area contributed by atoms with E-state index in [1.165, 1.54) is 0 Å². The predicted octanol–water partition coefficient (Wildman–Crippen LogP) is 0.460. The van der Waals surface area contributed by atoms with Crippen LogP contribution in [0.2, 0.25) is 0 Å². The number of pyridine rings is 1. The van der Waals surface area contributed by atoms with E-state index in [0.29, 0.717) is 12.2 Å². The fourth-order valence-electron chi connectivity index (χ4n) is 1.95. The molecule has 0 spiro atoms. The summed E-state index contributed by atoms with van der Waals surface area (Å²) in [5.41, 5.74) is 1.56. The second-order valence-corrected chi connectivity index (χ2v) is 4.28. The van der Waals surface area contributed by atoms with Gasteiger partial charge < -0.3 is 15.3 Å². The van der Waals surface area contributed by atoms with Crippen LogP contribution < -0.4 is 10.2 Å². The number of nitrogens with one attached hydrogen (secondary N) is 1. The Hall–Kier alpha value is -1.62. The highest BCUT2D eigenvalue weighted by Gasteiger charge is 2.25. The van der Waals surface area contributed by atoms with Gasteiger partial charge in [-0.1, -0.05) is 0 Å². The Kier molecular flexibility index (Phi) is 3.28. The van der Waals surface area contributed by atoms with Gasteiger partial charge in [0.2, 0.25) is 5.91 Å². The number of piperazine rings is 1. The van der Waals surface area contributed by atoms with E-state index in [0.717, 1.165) is 12.2 Å². The Morgan fingerprint density at radius 1 is 1.59 bits per heavy atom. The van der Waals surface area contributed by atoms with Crippen LogP contribution in [-0.2, 0) is 4.79 Å². The van der Waals surface area contributed by atoms with Gasteiger partial charge in [0.05, 0.1) is 23.7 Å². The fourth-order valence-corrected chi connectivity index (χ4v) is 1.95. The maximum atomic E-state index is 11.5. The SMILES string of the molecule is CC1C(=O)NCCN1c1ccc([C@@H](C)O)nc1. The second-order valence-electron chi connectivity index (χ2n) is 4.28. The number of nitrogens with zero attached hydrogens (tertiary/aromatic N) is 2. The van der Waals surface area contributed by atoms with Gasteiger partial charge >= 0.3 is 0 Å². The number of anilines is 1. The first-order chi connectivity index (χ1) is 8.09. The number of carbonyl (C=O) groups is 1. The smallest absolute Gasteiger partial charge is 0.242 e. The first-order valence-corrected chi connectivity index (χ1v) is 5.78. The Labute approximate surface area is 100 Å². The molecule has 1 aromatic rings. The molecule has 92 valence electrons. The molecule has 0 radical (unpaired) electrons. The van der Waals surface area contributed by atoms with Gasteiger partial charge in [0, 0.05) is 13.1 Å². The van der Waals surface area contributed by atoms with Crippen molar-refractivity contribution in [2.24, 2.45) is 0 Å². The Bertz CT molecular complexity index is 403. The van der Waals surface area contributed by atoms with Crippen molar-refractivity contribution in [3.8, 4) is 0 Å². The maximum Gasteiger partial charge on any atom is 0.242 e. The molecule has 1 fully saturated rings. The lowest BCUT2D eigenvalue weighted by Crippen LogP contribution is -2.54. The molecule has 1 amide bonds. The minimum absolute atomic E-state index is 0.0378. The second kappa shape index (κ2) is 4.71. The van der Waals surface area contributed by atoms with E-state index in [1.807, 2.05) is 17.9 Å². The average molecular weight is 235 g/mol. The van der Waals surface area contributed by atoms with E-state index in [-0.39, 0.29) is 11.9 Å². The summed E-state index contributed by atoms with van der Waals surface area (Å²) in [7, 11) is 0. The first kappa shape index (κ1) is 11.9. The molecule has 5 nitrogen and oxygen atoms in total. The average Bonchev–Trinajstić information content (AvgIpc) is 2.33. The number of aliphatic hydroxyl groups is 1. The number of amides is 1. The van der Waals surface area contributed by atoms with Crippen LogP contribution in [0.5, 0.6) is 0 Å². The van der Waals surface area contributed by atoms with E-state index in [4.69, 9.17) is 0 Å². The number of hydrogen-bond donors (Lipinski definition) is 2. The van der Waals surface area contributed by atoms with Crippen LogP contribution in [0.15, 0.2) is 18.3 Å². The number of aliphatic hydroxyl groups excluding tert-OH is 1. The van der Waals surface area contributed by atoms with Gasteiger partial charge in [0.15, 0.2) is 0 Å². The summed E-state index contributed by atoms with van der Waals surface area (Å²) in [6.07, 6.45) is 1.14. The van der Waals surface area contributed by atoms with E-state index in [1.54, 1.807) is 19.2 Å². The minimum atomic E-state index is -0.564. The Morgan fingerprint density at radius 3 is 2.94 bits per heavy atom. The molecule has 0 bridgehead atoms. The van der Waals surface area contributed by atoms with E-state index >= 15 is 0 Å². The maximum absolute atomic E-state index is 11.5. The van der Waals surface area contributed by atoms with Gasteiger partial charge in [-0.3, -0.25) is 9.78 Å². The zero-order chi connectivity index (χ0) is 12.4. The highest BCUT2D eigenvalue weighted by molar-refractivity contribution is 5.86. The van der Waals surface area contributed by atoms with Crippen LogP contribution in [0.3, 0.4) is 0 Å². The molecule has 1 aliphatic rings. The third-order valence-electron chi connectivity index (χ3n) is 3.03. The molecule has 2 atom stereocenters. The van der Waals surface area contributed by atoms with E-state index in [2.05, 4.69) is 10.3 Å². The number of aromatic nitrogens is 1. The molecular formula is C12H17N3O2. The van der Waals surface area contributed by atoms with Crippen molar-refractivity contribution in [2.45, 2.75) is 26.0 Å². The minimum Gasteiger partial charge on any atom is -0.387 e.